The minimum Gasteiger partial charge on any atom is -0.265 e. The predicted octanol–water partition coefficient (Wildman–Crippen LogP) is 4.07. The van der Waals surface area contributed by atoms with Crippen LogP contribution in [0.25, 0.3) is 6.08 Å². The van der Waals surface area contributed by atoms with Gasteiger partial charge in [0.2, 0.25) is 0 Å². The van der Waals surface area contributed by atoms with Crippen LogP contribution in [0, 0.1) is 5.92 Å². The Morgan fingerprint density at radius 3 is 2.53 bits per heavy atom. The van der Waals surface area contributed by atoms with E-state index in [1.54, 1.807) is 5.57 Å². The molecule has 80 valence electrons. The maximum absolute atomic E-state index is 4.03. The highest BCUT2D eigenvalue weighted by molar-refractivity contribution is 5.52. The van der Waals surface area contributed by atoms with E-state index in [-0.39, 0.29) is 0 Å². The molecule has 1 nitrogen and oxygen atoms in total. The van der Waals surface area contributed by atoms with Crippen molar-refractivity contribution in [2.24, 2.45) is 5.92 Å². The van der Waals surface area contributed by atoms with Gasteiger partial charge in [-0.2, -0.15) is 0 Å². The van der Waals surface area contributed by atoms with E-state index in [0.29, 0.717) is 0 Å². The van der Waals surface area contributed by atoms with Crippen molar-refractivity contribution < 1.29 is 0 Å². The highest BCUT2D eigenvalue weighted by Gasteiger charge is 2.14. The van der Waals surface area contributed by atoms with E-state index in [9.17, 15) is 0 Å². The van der Waals surface area contributed by atoms with Crippen LogP contribution in [0.1, 0.15) is 44.6 Å². The molecule has 2 rings (SSSR count). The van der Waals surface area contributed by atoms with Crippen molar-refractivity contribution in [3.05, 3.63) is 35.7 Å². The first-order chi connectivity index (χ1) is 7.38. The van der Waals surface area contributed by atoms with Gasteiger partial charge in [-0.1, -0.05) is 25.0 Å². The fourth-order valence-corrected chi connectivity index (χ4v) is 2.30. The Labute approximate surface area is 92.2 Å². The van der Waals surface area contributed by atoms with Gasteiger partial charge >= 0.3 is 0 Å². The van der Waals surface area contributed by atoms with Crippen molar-refractivity contribution in [3.8, 4) is 0 Å². The molecule has 0 atom stereocenters. The second kappa shape index (κ2) is 5.11. The highest BCUT2D eigenvalue weighted by Crippen LogP contribution is 2.31. The van der Waals surface area contributed by atoms with Crippen molar-refractivity contribution in [2.75, 3.05) is 0 Å². The molecule has 0 amide bonds. The zero-order chi connectivity index (χ0) is 10.5. The molecule has 1 heterocycles. The summed E-state index contributed by atoms with van der Waals surface area (Å²) < 4.78 is 0. The van der Waals surface area contributed by atoms with Crippen LogP contribution >= 0.6 is 0 Å². The molecule has 0 spiro atoms. The number of pyridine rings is 1. The lowest BCUT2D eigenvalue weighted by molar-refractivity contribution is 0.399. The zero-order valence-electron chi connectivity index (χ0n) is 9.45. The lowest BCUT2D eigenvalue weighted by Crippen LogP contribution is -2.06. The molecule has 1 heteroatoms. The fraction of sp³-hybridized carbons (Fsp3) is 0.500. The van der Waals surface area contributed by atoms with Crippen LogP contribution in [0.3, 0.4) is 0 Å². The molecule has 0 unspecified atom stereocenters. The van der Waals surface area contributed by atoms with Crippen molar-refractivity contribution in [2.45, 2.75) is 39.0 Å². The smallest absolute Gasteiger partial charge is 0.0273 e. The summed E-state index contributed by atoms with van der Waals surface area (Å²) >= 11 is 0. The number of aromatic nitrogens is 1. The minimum absolute atomic E-state index is 0.972. The molecular weight excluding hydrogens is 182 g/mol. The lowest BCUT2D eigenvalue weighted by Gasteiger charge is -2.22. The maximum atomic E-state index is 4.03. The third-order valence-electron chi connectivity index (χ3n) is 3.40. The second-order valence-corrected chi connectivity index (χ2v) is 4.43. The molecule has 1 aliphatic carbocycles. The number of allylic oxidation sites excluding steroid dienone is 1. The molecule has 1 saturated carbocycles. The van der Waals surface area contributed by atoms with Crippen LogP contribution in [-0.2, 0) is 0 Å². The van der Waals surface area contributed by atoms with E-state index in [4.69, 9.17) is 0 Å². The van der Waals surface area contributed by atoms with Crippen LogP contribution in [0.2, 0.25) is 0 Å². The van der Waals surface area contributed by atoms with Gasteiger partial charge < -0.3 is 0 Å². The van der Waals surface area contributed by atoms with Crippen molar-refractivity contribution in [1.29, 1.82) is 0 Å². The summed E-state index contributed by atoms with van der Waals surface area (Å²) in [4.78, 5) is 4.03. The largest absolute Gasteiger partial charge is 0.265 e. The molecule has 15 heavy (non-hydrogen) atoms. The first-order valence-corrected chi connectivity index (χ1v) is 5.98. The maximum Gasteiger partial charge on any atom is 0.0273 e. The Morgan fingerprint density at radius 1 is 1.27 bits per heavy atom. The number of hydrogen-bond acceptors (Lipinski definition) is 1. The predicted molar refractivity (Wildman–Crippen MR) is 64.5 cm³/mol. The zero-order valence-corrected chi connectivity index (χ0v) is 9.45. The van der Waals surface area contributed by atoms with E-state index < -0.39 is 0 Å². The summed E-state index contributed by atoms with van der Waals surface area (Å²) in [5, 5.41) is 0. The molecule has 1 aromatic heterocycles. The summed E-state index contributed by atoms with van der Waals surface area (Å²) in [5.41, 5.74) is 2.92. The molecule has 0 N–H and O–H groups in total. The normalized spacial score (nSPS) is 21.4. The standard InChI is InChI=1S/C14H19N/c1-2-12-3-5-13(6-4-12)11-14-7-9-15-10-8-14/h7-12H,2-6H2,1H3. The van der Waals surface area contributed by atoms with Crippen LogP contribution in [-0.4, -0.2) is 4.98 Å². The quantitative estimate of drug-likeness (QED) is 0.703. The van der Waals surface area contributed by atoms with E-state index in [2.05, 4.69) is 30.1 Å². The average Bonchev–Trinajstić information content (AvgIpc) is 2.31. The summed E-state index contributed by atoms with van der Waals surface area (Å²) in [6.45, 7) is 2.31. The minimum atomic E-state index is 0.972. The molecular formula is C14H19N. The number of hydrogen-bond donors (Lipinski definition) is 0. The van der Waals surface area contributed by atoms with Gasteiger partial charge in [0.25, 0.3) is 0 Å². The SMILES string of the molecule is CCC1CCC(=Cc2ccncc2)CC1. The second-order valence-electron chi connectivity index (χ2n) is 4.43. The molecule has 0 saturated heterocycles. The first kappa shape index (κ1) is 10.4. The van der Waals surface area contributed by atoms with Crippen molar-refractivity contribution in [3.63, 3.8) is 0 Å². The summed E-state index contributed by atoms with van der Waals surface area (Å²) in [6.07, 6.45) is 12.8. The molecule has 0 radical (unpaired) electrons. The van der Waals surface area contributed by atoms with Crippen LogP contribution in [0.4, 0.5) is 0 Å². The Hall–Kier alpha value is -1.11. The van der Waals surface area contributed by atoms with E-state index in [1.165, 1.54) is 37.7 Å². The average molecular weight is 201 g/mol. The van der Waals surface area contributed by atoms with Gasteiger partial charge in [0.05, 0.1) is 0 Å². The van der Waals surface area contributed by atoms with Gasteiger partial charge in [0.1, 0.15) is 0 Å². The first-order valence-electron chi connectivity index (χ1n) is 5.98. The Bertz CT molecular complexity index is 316. The van der Waals surface area contributed by atoms with E-state index in [1.807, 2.05) is 12.4 Å². The Kier molecular flexibility index (Phi) is 3.54. The van der Waals surface area contributed by atoms with Crippen LogP contribution in [0.15, 0.2) is 30.1 Å². The summed E-state index contributed by atoms with van der Waals surface area (Å²) in [7, 11) is 0. The monoisotopic (exact) mass is 201 g/mol. The molecule has 0 aliphatic heterocycles. The molecule has 1 fully saturated rings. The van der Waals surface area contributed by atoms with Gasteiger partial charge in [0, 0.05) is 12.4 Å². The molecule has 0 aromatic carbocycles. The van der Waals surface area contributed by atoms with Gasteiger partial charge in [-0.25, -0.2) is 0 Å². The fourth-order valence-electron chi connectivity index (χ4n) is 2.30. The van der Waals surface area contributed by atoms with Gasteiger partial charge in [0.15, 0.2) is 0 Å². The molecule has 1 aromatic rings. The van der Waals surface area contributed by atoms with Gasteiger partial charge in [-0.05, 0) is 49.3 Å². The third-order valence-corrected chi connectivity index (χ3v) is 3.40. The number of rotatable bonds is 2. The van der Waals surface area contributed by atoms with Crippen molar-refractivity contribution >= 4 is 6.08 Å². The highest BCUT2D eigenvalue weighted by atomic mass is 14.6. The lowest BCUT2D eigenvalue weighted by atomic mass is 9.84. The van der Waals surface area contributed by atoms with E-state index >= 15 is 0 Å². The summed E-state index contributed by atoms with van der Waals surface area (Å²) in [6, 6.07) is 4.16. The Balaban J connectivity index is 1.98. The van der Waals surface area contributed by atoms with Gasteiger partial charge in [-0.3, -0.25) is 4.98 Å². The number of nitrogens with zero attached hydrogens (tertiary/aromatic N) is 1. The molecule has 1 aliphatic rings. The van der Waals surface area contributed by atoms with E-state index in [0.717, 1.165) is 5.92 Å². The topological polar surface area (TPSA) is 12.9 Å². The van der Waals surface area contributed by atoms with Crippen LogP contribution < -0.4 is 0 Å². The molecule has 0 bridgehead atoms. The van der Waals surface area contributed by atoms with Gasteiger partial charge in [-0.15, -0.1) is 0 Å². The van der Waals surface area contributed by atoms with Crippen molar-refractivity contribution in [1.82, 2.24) is 4.98 Å². The third kappa shape index (κ3) is 2.92. The summed E-state index contributed by atoms with van der Waals surface area (Å²) in [5.74, 6) is 0.972. The van der Waals surface area contributed by atoms with Crippen LogP contribution in [0.5, 0.6) is 0 Å². The Morgan fingerprint density at radius 2 is 1.93 bits per heavy atom.